The number of nitrogens with one attached hydrogen (secondary N) is 1. The number of amides is 1. The molecular formula is C7H14BN2O4-. The molecule has 6 nitrogen and oxygen atoms in total. The lowest BCUT2D eigenvalue weighted by atomic mass is 9.60. The molecule has 2 heterocycles. The molecule has 3 atom stereocenters. The van der Waals surface area contributed by atoms with Crippen LogP contribution in [0.5, 0.6) is 0 Å². The number of hydrogen-bond donors (Lipinski definition) is 4. The standard InChI is InChI=1S/C7H14BN2O4/c1-4-7(12)10-3-5(11)2-6(10)8(13,14)9-4/h4-6,9,11,13-14H,2-3H2,1H3/q-1/t4-,5-,6-/m0/s1. The van der Waals surface area contributed by atoms with Gasteiger partial charge in [0.25, 0.3) is 0 Å². The molecule has 2 saturated heterocycles. The van der Waals surface area contributed by atoms with E-state index in [1.165, 1.54) is 4.90 Å². The zero-order chi connectivity index (χ0) is 10.5. The Labute approximate surface area is 81.5 Å². The van der Waals surface area contributed by atoms with Crippen LogP contribution in [0.15, 0.2) is 0 Å². The average molecular weight is 201 g/mol. The number of hydrogen-bond acceptors (Lipinski definition) is 5. The number of rotatable bonds is 0. The third-order valence-corrected chi connectivity index (χ3v) is 3.01. The van der Waals surface area contributed by atoms with Gasteiger partial charge in [-0.1, -0.05) is 0 Å². The third kappa shape index (κ3) is 1.33. The van der Waals surface area contributed by atoms with Gasteiger partial charge < -0.3 is 25.3 Å². The Bertz CT molecular complexity index is 272. The molecule has 0 aliphatic carbocycles. The van der Waals surface area contributed by atoms with E-state index in [1.807, 2.05) is 0 Å². The summed E-state index contributed by atoms with van der Waals surface area (Å²) in [5, 5.41) is 31.1. The number of aliphatic hydroxyl groups is 1. The Morgan fingerprint density at radius 2 is 2.21 bits per heavy atom. The molecule has 2 aliphatic heterocycles. The summed E-state index contributed by atoms with van der Waals surface area (Å²) in [7, 11) is 0. The van der Waals surface area contributed by atoms with Crippen LogP contribution in [0.4, 0.5) is 0 Å². The zero-order valence-electron chi connectivity index (χ0n) is 7.92. The van der Waals surface area contributed by atoms with Gasteiger partial charge in [0, 0.05) is 6.54 Å². The van der Waals surface area contributed by atoms with Crippen LogP contribution in [0.1, 0.15) is 13.3 Å². The quantitative estimate of drug-likeness (QED) is 0.322. The van der Waals surface area contributed by atoms with Crippen molar-refractivity contribution in [3.8, 4) is 0 Å². The summed E-state index contributed by atoms with van der Waals surface area (Å²) in [5.41, 5.74) is 0. The molecule has 0 aromatic carbocycles. The summed E-state index contributed by atoms with van der Waals surface area (Å²) in [4.78, 5) is 12.9. The van der Waals surface area contributed by atoms with Crippen molar-refractivity contribution in [1.29, 1.82) is 0 Å². The van der Waals surface area contributed by atoms with Gasteiger partial charge in [-0.2, -0.15) is 0 Å². The van der Waals surface area contributed by atoms with Gasteiger partial charge in [-0.25, -0.2) is 0 Å². The lowest BCUT2D eigenvalue weighted by Gasteiger charge is -2.48. The molecule has 0 radical (unpaired) electrons. The number of fused-ring (bicyclic) bond motifs is 1. The predicted molar refractivity (Wildman–Crippen MR) is 48.9 cm³/mol. The first-order valence-corrected chi connectivity index (χ1v) is 4.78. The van der Waals surface area contributed by atoms with E-state index >= 15 is 0 Å². The fourth-order valence-corrected chi connectivity index (χ4v) is 2.34. The van der Waals surface area contributed by atoms with Gasteiger partial charge in [-0.15, -0.1) is 0 Å². The Kier molecular flexibility index (Phi) is 2.07. The second-order valence-corrected chi connectivity index (χ2v) is 4.17. The Balaban J connectivity index is 2.27. The second kappa shape index (κ2) is 2.93. The van der Waals surface area contributed by atoms with Crippen molar-refractivity contribution in [3.05, 3.63) is 0 Å². The number of carbonyl (C=O) groups excluding carboxylic acids is 1. The highest BCUT2D eigenvalue weighted by Crippen LogP contribution is 2.26. The van der Waals surface area contributed by atoms with E-state index in [9.17, 15) is 19.9 Å². The lowest BCUT2D eigenvalue weighted by Crippen LogP contribution is -2.74. The first-order valence-electron chi connectivity index (χ1n) is 4.78. The van der Waals surface area contributed by atoms with Crippen LogP contribution in [0.2, 0.25) is 0 Å². The van der Waals surface area contributed by atoms with E-state index in [-0.39, 0.29) is 18.9 Å². The van der Waals surface area contributed by atoms with Gasteiger partial charge in [-0.05, 0) is 19.3 Å². The molecule has 0 bridgehead atoms. The molecule has 0 aromatic rings. The highest BCUT2D eigenvalue weighted by Gasteiger charge is 2.48. The van der Waals surface area contributed by atoms with E-state index < -0.39 is 24.8 Å². The second-order valence-electron chi connectivity index (χ2n) is 4.17. The Hall–Kier alpha value is -0.625. The lowest BCUT2D eigenvalue weighted by molar-refractivity contribution is -0.135. The molecule has 2 fully saturated rings. The fourth-order valence-electron chi connectivity index (χ4n) is 2.34. The van der Waals surface area contributed by atoms with Crippen molar-refractivity contribution >= 4 is 12.6 Å². The summed E-state index contributed by atoms with van der Waals surface area (Å²) >= 11 is 0. The van der Waals surface area contributed by atoms with Gasteiger partial charge in [0.1, 0.15) is 0 Å². The van der Waals surface area contributed by atoms with Gasteiger partial charge in [0.15, 0.2) is 0 Å². The molecule has 1 amide bonds. The maximum Gasteiger partial charge on any atom is 0.332 e. The largest absolute Gasteiger partial charge is 0.569 e. The maximum atomic E-state index is 11.6. The van der Waals surface area contributed by atoms with Crippen LogP contribution in [0.25, 0.3) is 0 Å². The van der Waals surface area contributed by atoms with Gasteiger partial charge >= 0.3 is 6.69 Å². The summed E-state index contributed by atoms with van der Waals surface area (Å²) in [6.07, 6.45) is -0.435. The monoisotopic (exact) mass is 201 g/mol. The molecule has 2 aliphatic rings. The minimum absolute atomic E-state index is 0.188. The van der Waals surface area contributed by atoms with E-state index in [4.69, 9.17) is 0 Å². The summed E-state index contributed by atoms with van der Waals surface area (Å²) < 4.78 is 0. The van der Waals surface area contributed by atoms with Gasteiger partial charge in [-0.3, -0.25) is 4.79 Å². The van der Waals surface area contributed by atoms with Crippen molar-refractivity contribution in [2.45, 2.75) is 31.4 Å². The number of nitrogens with zero attached hydrogens (tertiary/aromatic N) is 1. The molecule has 0 spiro atoms. The molecule has 0 unspecified atom stereocenters. The van der Waals surface area contributed by atoms with Crippen molar-refractivity contribution in [3.63, 3.8) is 0 Å². The van der Waals surface area contributed by atoms with Crippen molar-refractivity contribution in [2.75, 3.05) is 6.54 Å². The van der Waals surface area contributed by atoms with Crippen LogP contribution in [0, 0.1) is 0 Å². The molecule has 7 heteroatoms. The van der Waals surface area contributed by atoms with E-state index in [2.05, 4.69) is 5.23 Å². The minimum Gasteiger partial charge on any atom is -0.569 e. The smallest absolute Gasteiger partial charge is 0.332 e. The van der Waals surface area contributed by atoms with Gasteiger partial charge in [0.05, 0.1) is 12.1 Å². The molecule has 2 rings (SSSR count). The van der Waals surface area contributed by atoms with E-state index in [0.29, 0.717) is 0 Å². The van der Waals surface area contributed by atoms with Crippen molar-refractivity contribution in [1.82, 2.24) is 10.1 Å². The highest BCUT2D eigenvalue weighted by molar-refractivity contribution is 6.65. The molecule has 14 heavy (non-hydrogen) atoms. The average Bonchev–Trinajstić information content (AvgIpc) is 2.44. The molecule has 4 N–H and O–H groups in total. The number of aliphatic hydroxyl groups excluding tert-OH is 1. The van der Waals surface area contributed by atoms with Crippen LogP contribution in [-0.2, 0) is 4.79 Å². The molecular weight excluding hydrogens is 187 g/mol. The normalized spacial score (nSPS) is 41.3. The third-order valence-electron chi connectivity index (χ3n) is 3.01. The zero-order valence-corrected chi connectivity index (χ0v) is 7.92. The SMILES string of the molecule is C[C@@H]1N[B-](O)(O)[C@@H]2C[C@H](O)CN2C1=O. The summed E-state index contributed by atoms with van der Waals surface area (Å²) in [6, 6.07) is -0.605. The molecule has 0 aromatic heterocycles. The summed E-state index contributed by atoms with van der Waals surface area (Å²) in [6.45, 7) is -0.988. The number of carbonyl (C=O) groups is 1. The van der Waals surface area contributed by atoms with Crippen LogP contribution < -0.4 is 5.23 Å². The summed E-state index contributed by atoms with van der Waals surface area (Å²) in [5.74, 6) is -0.874. The van der Waals surface area contributed by atoms with Crippen LogP contribution >= 0.6 is 0 Å². The molecule has 0 saturated carbocycles. The highest BCUT2D eigenvalue weighted by atomic mass is 16.4. The van der Waals surface area contributed by atoms with Crippen molar-refractivity contribution in [2.24, 2.45) is 0 Å². The molecule has 80 valence electrons. The first kappa shape index (κ1) is 9.91. The Morgan fingerprint density at radius 3 is 2.86 bits per heavy atom. The Morgan fingerprint density at radius 1 is 1.57 bits per heavy atom. The van der Waals surface area contributed by atoms with Crippen molar-refractivity contribution < 1.29 is 19.9 Å². The van der Waals surface area contributed by atoms with Crippen LogP contribution in [0.3, 0.4) is 0 Å². The predicted octanol–water partition coefficient (Wildman–Crippen LogP) is -2.60. The first-order chi connectivity index (χ1) is 6.42. The van der Waals surface area contributed by atoms with E-state index in [0.717, 1.165) is 0 Å². The van der Waals surface area contributed by atoms with Crippen LogP contribution in [-0.4, -0.2) is 57.3 Å². The fraction of sp³-hybridized carbons (Fsp3) is 0.857. The van der Waals surface area contributed by atoms with Gasteiger partial charge in [0.2, 0.25) is 5.91 Å². The topological polar surface area (TPSA) is 93.0 Å². The minimum atomic E-state index is -2.76. The van der Waals surface area contributed by atoms with E-state index in [1.54, 1.807) is 6.92 Å². The maximum absolute atomic E-state index is 11.6.